The topological polar surface area (TPSA) is 65.5 Å². The molecule has 0 bridgehead atoms. The molecular formula is C18H29IN4O. The van der Waals surface area contributed by atoms with Crippen LogP contribution in [0, 0.1) is 5.92 Å². The van der Waals surface area contributed by atoms with E-state index in [2.05, 4.69) is 34.8 Å². The van der Waals surface area contributed by atoms with Crippen LogP contribution in [0.1, 0.15) is 45.6 Å². The number of aliphatic imine (C=N–C) groups is 1. The van der Waals surface area contributed by atoms with Gasteiger partial charge in [0.2, 0.25) is 5.91 Å². The number of nitrogens with one attached hydrogen (secondary N) is 3. The number of carbonyl (C=O) groups is 1. The number of carbonyl (C=O) groups excluding carboxylic acids is 1. The molecule has 2 rings (SSSR count). The highest BCUT2D eigenvalue weighted by atomic mass is 127. The van der Waals surface area contributed by atoms with Crippen molar-refractivity contribution < 1.29 is 4.79 Å². The Labute approximate surface area is 162 Å². The zero-order chi connectivity index (χ0) is 16.7. The highest BCUT2D eigenvalue weighted by molar-refractivity contribution is 14.0. The first kappa shape index (κ1) is 20.7. The molecule has 5 nitrogen and oxygen atoms in total. The van der Waals surface area contributed by atoms with Crippen LogP contribution in [0.2, 0.25) is 0 Å². The molecule has 0 aromatic heterocycles. The maximum Gasteiger partial charge on any atom is 0.224 e. The van der Waals surface area contributed by atoms with E-state index >= 15 is 0 Å². The lowest BCUT2D eigenvalue weighted by Gasteiger charge is -2.11. The van der Waals surface area contributed by atoms with Crippen LogP contribution >= 0.6 is 24.0 Å². The van der Waals surface area contributed by atoms with Crippen LogP contribution in [0.5, 0.6) is 0 Å². The molecule has 0 spiro atoms. The fraction of sp³-hybridized carbons (Fsp3) is 0.556. The monoisotopic (exact) mass is 444 g/mol. The van der Waals surface area contributed by atoms with E-state index in [0.29, 0.717) is 19.0 Å². The predicted molar refractivity (Wildman–Crippen MR) is 111 cm³/mol. The summed E-state index contributed by atoms with van der Waals surface area (Å²) in [5.41, 5.74) is 1.97. The molecule has 6 heteroatoms. The Hall–Kier alpha value is -1.31. The summed E-state index contributed by atoms with van der Waals surface area (Å²) >= 11 is 0. The second-order valence-corrected chi connectivity index (χ2v) is 6.15. The normalized spacial score (nSPS) is 19.2. The smallest absolute Gasteiger partial charge is 0.224 e. The van der Waals surface area contributed by atoms with Crippen LogP contribution in [-0.2, 0) is 11.3 Å². The number of amides is 1. The van der Waals surface area contributed by atoms with Gasteiger partial charge in [0.15, 0.2) is 5.96 Å². The third-order valence-electron chi connectivity index (χ3n) is 3.91. The van der Waals surface area contributed by atoms with Crippen molar-refractivity contribution in [3.8, 4) is 0 Å². The first-order valence-corrected chi connectivity index (χ1v) is 8.56. The quantitative estimate of drug-likeness (QED) is 0.343. The Bertz CT molecular complexity index is 544. The van der Waals surface area contributed by atoms with Crippen molar-refractivity contribution >= 4 is 41.5 Å². The first-order chi connectivity index (χ1) is 11.1. The molecule has 1 amide bonds. The SMILES string of the molecule is CCCC(=O)Nc1ccc(CN=C(NCC)NC2CC2C)cc1.I. The fourth-order valence-electron chi connectivity index (χ4n) is 2.33. The Morgan fingerprint density at radius 2 is 1.92 bits per heavy atom. The Kier molecular flexibility index (Phi) is 9.10. The highest BCUT2D eigenvalue weighted by Gasteiger charge is 2.33. The summed E-state index contributed by atoms with van der Waals surface area (Å²) in [6, 6.07) is 8.44. The van der Waals surface area contributed by atoms with E-state index in [1.807, 2.05) is 31.2 Å². The number of hydrogen-bond donors (Lipinski definition) is 3. The first-order valence-electron chi connectivity index (χ1n) is 8.56. The summed E-state index contributed by atoms with van der Waals surface area (Å²) in [4.78, 5) is 16.2. The van der Waals surface area contributed by atoms with Crippen molar-refractivity contribution in [1.29, 1.82) is 0 Å². The largest absolute Gasteiger partial charge is 0.357 e. The van der Waals surface area contributed by atoms with E-state index in [-0.39, 0.29) is 29.9 Å². The Morgan fingerprint density at radius 1 is 1.25 bits per heavy atom. The second-order valence-electron chi connectivity index (χ2n) is 6.15. The molecule has 0 saturated heterocycles. The van der Waals surface area contributed by atoms with E-state index in [0.717, 1.165) is 36.1 Å². The molecule has 1 saturated carbocycles. The maximum absolute atomic E-state index is 11.6. The van der Waals surface area contributed by atoms with Crippen molar-refractivity contribution in [3.05, 3.63) is 29.8 Å². The number of guanidine groups is 1. The Balaban J connectivity index is 0.00000288. The summed E-state index contributed by atoms with van der Waals surface area (Å²) in [6.07, 6.45) is 2.64. The lowest BCUT2D eigenvalue weighted by Crippen LogP contribution is -2.39. The summed E-state index contributed by atoms with van der Waals surface area (Å²) in [5, 5.41) is 9.62. The third-order valence-corrected chi connectivity index (χ3v) is 3.91. The number of nitrogens with zero attached hydrogens (tertiary/aromatic N) is 1. The van der Waals surface area contributed by atoms with Crippen molar-refractivity contribution in [1.82, 2.24) is 10.6 Å². The van der Waals surface area contributed by atoms with Crippen LogP contribution < -0.4 is 16.0 Å². The number of hydrogen-bond acceptors (Lipinski definition) is 2. The van der Waals surface area contributed by atoms with Crippen molar-refractivity contribution in [2.45, 2.75) is 52.6 Å². The molecule has 0 aliphatic heterocycles. The summed E-state index contributed by atoms with van der Waals surface area (Å²) < 4.78 is 0. The summed E-state index contributed by atoms with van der Waals surface area (Å²) in [5.74, 6) is 1.68. The van der Waals surface area contributed by atoms with Gasteiger partial charge in [0.05, 0.1) is 6.54 Å². The molecule has 3 N–H and O–H groups in total. The molecular weight excluding hydrogens is 415 g/mol. The van der Waals surface area contributed by atoms with E-state index in [9.17, 15) is 4.79 Å². The minimum absolute atomic E-state index is 0. The molecule has 1 fully saturated rings. The minimum Gasteiger partial charge on any atom is -0.357 e. The van der Waals surface area contributed by atoms with E-state index < -0.39 is 0 Å². The van der Waals surface area contributed by atoms with Gasteiger partial charge in [0, 0.05) is 24.7 Å². The van der Waals surface area contributed by atoms with Gasteiger partial charge in [0.25, 0.3) is 0 Å². The molecule has 0 heterocycles. The average Bonchev–Trinajstić information content (AvgIpc) is 3.22. The van der Waals surface area contributed by atoms with Gasteiger partial charge in [-0.15, -0.1) is 24.0 Å². The van der Waals surface area contributed by atoms with E-state index in [4.69, 9.17) is 0 Å². The zero-order valence-electron chi connectivity index (χ0n) is 14.8. The van der Waals surface area contributed by atoms with Crippen molar-refractivity contribution in [2.24, 2.45) is 10.9 Å². The molecule has 1 aromatic rings. The number of halogens is 1. The van der Waals surface area contributed by atoms with Gasteiger partial charge in [-0.25, -0.2) is 4.99 Å². The number of benzene rings is 1. The van der Waals surface area contributed by atoms with E-state index in [1.165, 1.54) is 6.42 Å². The van der Waals surface area contributed by atoms with Gasteiger partial charge in [0.1, 0.15) is 0 Å². The Morgan fingerprint density at radius 3 is 2.46 bits per heavy atom. The zero-order valence-corrected chi connectivity index (χ0v) is 17.1. The molecule has 1 aliphatic rings. The lowest BCUT2D eigenvalue weighted by molar-refractivity contribution is -0.116. The molecule has 1 aliphatic carbocycles. The van der Waals surface area contributed by atoms with Gasteiger partial charge in [-0.2, -0.15) is 0 Å². The third kappa shape index (κ3) is 7.07. The van der Waals surface area contributed by atoms with Crippen LogP contribution in [0.3, 0.4) is 0 Å². The molecule has 24 heavy (non-hydrogen) atoms. The fourth-order valence-corrected chi connectivity index (χ4v) is 2.33. The molecule has 0 radical (unpaired) electrons. The number of anilines is 1. The lowest BCUT2D eigenvalue weighted by atomic mass is 10.2. The molecule has 1 aromatic carbocycles. The summed E-state index contributed by atoms with van der Waals surface area (Å²) in [7, 11) is 0. The minimum atomic E-state index is 0. The molecule has 2 atom stereocenters. The van der Waals surface area contributed by atoms with Crippen molar-refractivity contribution in [3.63, 3.8) is 0 Å². The van der Waals surface area contributed by atoms with Gasteiger partial charge in [-0.1, -0.05) is 26.0 Å². The highest BCUT2D eigenvalue weighted by Crippen LogP contribution is 2.28. The maximum atomic E-state index is 11.6. The predicted octanol–water partition coefficient (Wildman–Crippen LogP) is 3.51. The van der Waals surface area contributed by atoms with Crippen LogP contribution in [0.25, 0.3) is 0 Å². The van der Waals surface area contributed by atoms with Crippen LogP contribution in [-0.4, -0.2) is 24.5 Å². The van der Waals surface area contributed by atoms with E-state index in [1.54, 1.807) is 0 Å². The van der Waals surface area contributed by atoms with Gasteiger partial charge in [-0.05, 0) is 43.4 Å². The molecule has 134 valence electrons. The second kappa shape index (κ2) is 10.5. The summed E-state index contributed by atoms with van der Waals surface area (Å²) in [6.45, 7) is 7.79. The number of rotatable bonds is 7. The van der Waals surface area contributed by atoms with Gasteiger partial charge >= 0.3 is 0 Å². The average molecular weight is 444 g/mol. The van der Waals surface area contributed by atoms with Crippen molar-refractivity contribution in [2.75, 3.05) is 11.9 Å². The van der Waals surface area contributed by atoms with Crippen LogP contribution in [0.15, 0.2) is 29.3 Å². The van der Waals surface area contributed by atoms with Gasteiger partial charge < -0.3 is 16.0 Å². The standard InChI is InChI=1S/C18H28N4O.HI/c1-4-6-17(23)21-15-9-7-14(8-10-15)12-20-18(19-5-2)22-16-11-13(16)3;/h7-10,13,16H,4-6,11-12H2,1-3H3,(H,21,23)(H2,19,20,22);1H. The van der Waals surface area contributed by atoms with Gasteiger partial charge in [-0.3, -0.25) is 4.79 Å². The van der Waals surface area contributed by atoms with Crippen LogP contribution in [0.4, 0.5) is 5.69 Å². The molecule has 2 unspecified atom stereocenters.